The molecule has 7 heteroatoms. The van der Waals surface area contributed by atoms with E-state index in [0.29, 0.717) is 5.39 Å². The average molecular weight is 320 g/mol. The normalized spacial score (nSPS) is 10.7. The van der Waals surface area contributed by atoms with Crippen LogP contribution >= 0.6 is 0 Å². The number of esters is 2. The highest BCUT2D eigenvalue weighted by atomic mass is 16.6. The van der Waals surface area contributed by atoms with Gasteiger partial charge in [0.25, 0.3) is 5.75 Å². The number of hydrogen-bond acceptors (Lipinski definition) is 7. The third kappa shape index (κ3) is 3.88. The van der Waals surface area contributed by atoms with Crippen LogP contribution in [0, 0.1) is 0 Å². The van der Waals surface area contributed by atoms with Crippen LogP contribution < -0.4 is 19.8 Å². The van der Waals surface area contributed by atoms with E-state index >= 15 is 0 Å². The summed E-state index contributed by atoms with van der Waals surface area (Å²) in [6.07, 6.45) is -0.262. The number of benzene rings is 1. The number of fused-ring (bicyclic) bond motifs is 1. The van der Waals surface area contributed by atoms with Crippen LogP contribution in [-0.4, -0.2) is 18.0 Å². The van der Waals surface area contributed by atoms with Crippen molar-refractivity contribution in [3.8, 4) is 17.2 Å². The van der Waals surface area contributed by atoms with Crippen molar-refractivity contribution in [3.63, 3.8) is 0 Å². The van der Waals surface area contributed by atoms with Crippen molar-refractivity contribution in [2.45, 2.75) is 33.8 Å². The quantitative estimate of drug-likeness (QED) is 0.485. The van der Waals surface area contributed by atoms with Gasteiger partial charge in [-0.15, -0.1) is 0 Å². The lowest BCUT2D eigenvalue weighted by Gasteiger charge is -2.15. The van der Waals surface area contributed by atoms with Crippen molar-refractivity contribution < 1.29 is 28.2 Å². The van der Waals surface area contributed by atoms with Gasteiger partial charge < -0.3 is 18.6 Å². The van der Waals surface area contributed by atoms with Gasteiger partial charge in [0.05, 0.1) is 11.5 Å². The molecule has 2 rings (SSSR count). The highest BCUT2D eigenvalue weighted by Crippen LogP contribution is 2.35. The molecule has 1 aromatic carbocycles. The average Bonchev–Trinajstić information content (AvgIpc) is 2.41. The van der Waals surface area contributed by atoms with E-state index in [1.165, 1.54) is 26.0 Å². The molecule has 0 saturated heterocycles. The molecule has 0 aliphatic heterocycles. The second-order valence-corrected chi connectivity index (χ2v) is 5.06. The molecule has 1 heterocycles. The molecule has 2 aromatic rings. The maximum Gasteiger partial charge on any atom is 0.383 e. The van der Waals surface area contributed by atoms with Crippen LogP contribution in [0.5, 0.6) is 17.2 Å². The van der Waals surface area contributed by atoms with Crippen molar-refractivity contribution in [2.24, 2.45) is 0 Å². The van der Waals surface area contributed by atoms with Crippen LogP contribution in [-0.2, 0) is 9.59 Å². The lowest BCUT2D eigenvalue weighted by Crippen LogP contribution is -2.16. The molecule has 0 radical (unpaired) electrons. The monoisotopic (exact) mass is 320 g/mol. The molecule has 0 unspecified atom stereocenters. The lowest BCUT2D eigenvalue weighted by molar-refractivity contribution is -0.133. The molecule has 0 saturated carbocycles. The molecule has 23 heavy (non-hydrogen) atoms. The smallest absolute Gasteiger partial charge is 0.383 e. The van der Waals surface area contributed by atoms with Crippen molar-refractivity contribution in [2.75, 3.05) is 0 Å². The summed E-state index contributed by atoms with van der Waals surface area (Å²) in [5, 5.41) is 0.422. The zero-order chi connectivity index (χ0) is 17.1. The predicted molar refractivity (Wildman–Crippen MR) is 80.9 cm³/mol. The zero-order valence-electron chi connectivity index (χ0n) is 13.2. The molecular weight excluding hydrogens is 304 g/mol. The van der Waals surface area contributed by atoms with Gasteiger partial charge in [-0.3, -0.25) is 9.59 Å². The summed E-state index contributed by atoms with van der Waals surface area (Å²) in [5.41, 5.74) is -0.705. The Labute approximate surface area is 131 Å². The third-order valence-corrected chi connectivity index (χ3v) is 2.65. The summed E-state index contributed by atoms with van der Waals surface area (Å²) in [6, 6.07) is 4.47. The van der Waals surface area contributed by atoms with Gasteiger partial charge in [0.1, 0.15) is 11.3 Å². The Balaban J connectivity index is 2.67. The van der Waals surface area contributed by atoms with Crippen LogP contribution in [0.15, 0.2) is 27.4 Å². The van der Waals surface area contributed by atoms with E-state index in [9.17, 15) is 14.4 Å². The van der Waals surface area contributed by atoms with Gasteiger partial charge in [-0.05, 0) is 26.0 Å². The maximum absolute atomic E-state index is 12.1. The second-order valence-electron chi connectivity index (χ2n) is 5.06. The Morgan fingerprint density at radius 1 is 1.04 bits per heavy atom. The Bertz CT molecular complexity index is 817. The summed E-state index contributed by atoms with van der Waals surface area (Å²) in [6.45, 7) is 5.97. The Morgan fingerprint density at radius 2 is 1.70 bits per heavy atom. The Kier molecular flexibility index (Phi) is 4.68. The number of hydrogen-bond donors (Lipinski definition) is 0. The van der Waals surface area contributed by atoms with E-state index in [0.717, 1.165) is 0 Å². The fourth-order valence-electron chi connectivity index (χ4n) is 1.95. The SMILES string of the molecule is CC(=O)Oc1ccc2c(OC(C)C)c(OC(C)=O)c(=O)oc2c1. The van der Waals surface area contributed by atoms with E-state index in [1.54, 1.807) is 19.9 Å². The summed E-state index contributed by atoms with van der Waals surface area (Å²) in [7, 11) is 0. The number of carbonyl (C=O) groups is 2. The second kappa shape index (κ2) is 6.51. The standard InChI is InChI=1S/C16H16O7/c1-8(2)20-14-12-6-5-11(21-9(3)17)7-13(12)23-16(19)15(14)22-10(4)18/h5-8H,1-4H3. The molecule has 0 aliphatic rings. The summed E-state index contributed by atoms with van der Waals surface area (Å²) in [5.74, 6) is -1.14. The molecular formula is C16H16O7. The molecule has 1 aromatic heterocycles. The molecule has 0 spiro atoms. The third-order valence-electron chi connectivity index (χ3n) is 2.65. The minimum absolute atomic E-state index is 0.107. The molecule has 0 bridgehead atoms. The largest absolute Gasteiger partial charge is 0.486 e. The first-order chi connectivity index (χ1) is 10.8. The molecule has 0 amide bonds. The highest BCUT2D eigenvalue weighted by molar-refractivity contribution is 5.88. The van der Waals surface area contributed by atoms with Gasteiger partial charge in [0.2, 0.25) is 0 Å². The molecule has 122 valence electrons. The molecule has 0 aliphatic carbocycles. The van der Waals surface area contributed by atoms with Crippen molar-refractivity contribution in [3.05, 3.63) is 28.6 Å². The van der Waals surface area contributed by atoms with Crippen LogP contribution in [0.3, 0.4) is 0 Å². The zero-order valence-corrected chi connectivity index (χ0v) is 13.2. The van der Waals surface area contributed by atoms with E-state index in [-0.39, 0.29) is 28.9 Å². The number of rotatable bonds is 4. The first-order valence-corrected chi connectivity index (χ1v) is 6.92. The molecule has 0 N–H and O–H groups in total. The van der Waals surface area contributed by atoms with E-state index in [1.807, 2.05) is 0 Å². The van der Waals surface area contributed by atoms with E-state index in [4.69, 9.17) is 18.6 Å². The van der Waals surface area contributed by atoms with Crippen LogP contribution in [0.25, 0.3) is 11.0 Å². The highest BCUT2D eigenvalue weighted by Gasteiger charge is 2.21. The summed E-state index contributed by atoms with van der Waals surface area (Å²) < 4.78 is 20.6. The van der Waals surface area contributed by atoms with Crippen molar-refractivity contribution in [1.82, 2.24) is 0 Å². The minimum Gasteiger partial charge on any atom is -0.486 e. The van der Waals surface area contributed by atoms with Gasteiger partial charge >= 0.3 is 17.6 Å². The van der Waals surface area contributed by atoms with Crippen LogP contribution in [0.2, 0.25) is 0 Å². The summed E-state index contributed by atoms with van der Waals surface area (Å²) in [4.78, 5) is 34.3. The van der Waals surface area contributed by atoms with Gasteiger partial charge in [0, 0.05) is 19.9 Å². The van der Waals surface area contributed by atoms with Crippen LogP contribution in [0.4, 0.5) is 0 Å². The van der Waals surface area contributed by atoms with Gasteiger partial charge in [-0.2, -0.15) is 0 Å². The number of ether oxygens (including phenoxy) is 3. The molecule has 7 nitrogen and oxygen atoms in total. The van der Waals surface area contributed by atoms with Crippen molar-refractivity contribution in [1.29, 1.82) is 0 Å². The number of carbonyl (C=O) groups excluding carboxylic acids is 2. The first kappa shape index (κ1) is 16.5. The molecule has 0 fully saturated rings. The van der Waals surface area contributed by atoms with Gasteiger partial charge in [0.15, 0.2) is 5.75 Å². The van der Waals surface area contributed by atoms with E-state index in [2.05, 4.69) is 0 Å². The van der Waals surface area contributed by atoms with Crippen LogP contribution in [0.1, 0.15) is 27.7 Å². The van der Waals surface area contributed by atoms with Gasteiger partial charge in [-0.1, -0.05) is 0 Å². The minimum atomic E-state index is -0.858. The van der Waals surface area contributed by atoms with Crippen molar-refractivity contribution >= 4 is 22.9 Å². The Hall–Kier alpha value is -2.83. The fraction of sp³-hybridized carbons (Fsp3) is 0.312. The predicted octanol–water partition coefficient (Wildman–Crippen LogP) is 2.43. The Morgan fingerprint density at radius 3 is 2.26 bits per heavy atom. The van der Waals surface area contributed by atoms with E-state index < -0.39 is 17.6 Å². The fourth-order valence-corrected chi connectivity index (χ4v) is 1.95. The summed E-state index contributed by atoms with van der Waals surface area (Å²) >= 11 is 0. The van der Waals surface area contributed by atoms with Gasteiger partial charge in [-0.25, -0.2) is 4.79 Å². The first-order valence-electron chi connectivity index (χ1n) is 6.92. The lowest BCUT2D eigenvalue weighted by atomic mass is 10.2. The molecule has 0 atom stereocenters. The topological polar surface area (TPSA) is 92.0 Å². The maximum atomic E-state index is 12.1.